The summed E-state index contributed by atoms with van der Waals surface area (Å²) in [5.74, 6) is 0.943. The van der Waals surface area contributed by atoms with Gasteiger partial charge >= 0.3 is 0 Å². The average Bonchev–Trinajstić information content (AvgIpc) is 3.02. The predicted molar refractivity (Wildman–Crippen MR) is 124 cm³/mol. The maximum absolute atomic E-state index is 12.3. The second kappa shape index (κ2) is 9.90. The van der Waals surface area contributed by atoms with Gasteiger partial charge in [-0.05, 0) is 55.8 Å². The molecule has 0 spiro atoms. The summed E-state index contributed by atoms with van der Waals surface area (Å²) in [6.07, 6.45) is 1.78. The minimum Gasteiger partial charge on any atom is -0.493 e. The van der Waals surface area contributed by atoms with Crippen molar-refractivity contribution in [3.63, 3.8) is 0 Å². The van der Waals surface area contributed by atoms with Crippen LogP contribution in [0.15, 0.2) is 47.6 Å². The molecule has 0 aliphatic rings. The third-order valence-corrected chi connectivity index (χ3v) is 5.38. The van der Waals surface area contributed by atoms with Gasteiger partial charge in [0.1, 0.15) is 0 Å². The molecule has 2 aromatic carbocycles. The third kappa shape index (κ3) is 5.21. The Bertz CT molecular complexity index is 1140. The standard InChI is InChI=1S/C23H23Cl2N3O3/c1-14-9-17(15(2)28(14)20-12-18(24)6-7-19(20)25)13-26-27-23(29)11-16-5-8-21(30-3)22(10-16)31-4/h5-10,12-13H,11H2,1-4H3,(H,27,29)/b26-13-. The Balaban J connectivity index is 1.72. The van der Waals surface area contributed by atoms with Crippen molar-refractivity contribution in [1.29, 1.82) is 0 Å². The highest BCUT2D eigenvalue weighted by atomic mass is 35.5. The Morgan fingerprint density at radius 3 is 2.52 bits per heavy atom. The van der Waals surface area contributed by atoms with Crippen molar-refractivity contribution < 1.29 is 14.3 Å². The first-order chi connectivity index (χ1) is 14.8. The lowest BCUT2D eigenvalue weighted by molar-refractivity contribution is -0.120. The second-order valence-electron chi connectivity index (χ2n) is 6.92. The summed E-state index contributed by atoms with van der Waals surface area (Å²) in [4.78, 5) is 12.3. The predicted octanol–water partition coefficient (Wildman–Crippen LogP) is 5.11. The highest BCUT2D eigenvalue weighted by Crippen LogP contribution is 2.29. The first kappa shape index (κ1) is 22.7. The summed E-state index contributed by atoms with van der Waals surface area (Å²) in [6, 6.07) is 12.6. The van der Waals surface area contributed by atoms with Crippen LogP contribution in [-0.2, 0) is 11.2 Å². The van der Waals surface area contributed by atoms with Crippen LogP contribution in [0.25, 0.3) is 5.69 Å². The molecule has 0 radical (unpaired) electrons. The fourth-order valence-electron chi connectivity index (χ4n) is 3.34. The Labute approximate surface area is 191 Å². The highest BCUT2D eigenvalue weighted by Gasteiger charge is 2.13. The van der Waals surface area contributed by atoms with Gasteiger partial charge in [0.05, 0.1) is 37.6 Å². The summed E-state index contributed by atoms with van der Waals surface area (Å²) in [5.41, 5.74) is 6.91. The summed E-state index contributed by atoms with van der Waals surface area (Å²) < 4.78 is 12.5. The zero-order valence-corrected chi connectivity index (χ0v) is 19.2. The first-order valence-electron chi connectivity index (χ1n) is 9.51. The van der Waals surface area contributed by atoms with Gasteiger partial charge in [-0.2, -0.15) is 5.10 Å². The number of ether oxygens (including phenoxy) is 2. The molecule has 0 saturated heterocycles. The summed E-state index contributed by atoms with van der Waals surface area (Å²) in [6.45, 7) is 3.92. The van der Waals surface area contributed by atoms with Crippen LogP contribution < -0.4 is 14.9 Å². The Kier molecular flexibility index (Phi) is 7.25. The molecule has 6 nitrogen and oxygen atoms in total. The number of benzene rings is 2. The highest BCUT2D eigenvalue weighted by molar-refractivity contribution is 6.34. The van der Waals surface area contributed by atoms with Crippen molar-refractivity contribution in [2.45, 2.75) is 20.3 Å². The van der Waals surface area contributed by atoms with E-state index in [4.69, 9.17) is 32.7 Å². The van der Waals surface area contributed by atoms with E-state index < -0.39 is 0 Å². The van der Waals surface area contributed by atoms with Gasteiger partial charge in [-0.3, -0.25) is 4.79 Å². The summed E-state index contributed by atoms with van der Waals surface area (Å²) in [5, 5.41) is 5.31. The largest absolute Gasteiger partial charge is 0.493 e. The molecule has 8 heteroatoms. The smallest absolute Gasteiger partial charge is 0.244 e. The summed E-state index contributed by atoms with van der Waals surface area (Å²) in [7, 11) is 3.12. The lowest BCUT2D eigenvalue weighted by Gasteiger charge is -2.12. The zero-order chi connectivity index (χ0) is 22.5. The molecule has 31 heavy (non-hydrogen) atoms. The number of hydrogen-bond acceptors (Lipinski definition) is 4. The van der Waals surface area contributed by atoms with Crippen molar-refractivity contribution in [2.24, 2.45) is 5.10 Å². The van der Waals surface area contributed by atoms with Crippen LogP contribution in [0.1, 0.15) is 22.5 Å². The molecule has 1 amide bonds. The molecule has 3 aromatic rings. The van der Waals surface area contributed by atoms with E-state index >= 15 is 0 Å². The molecule has 1 aromatic heterocycles. The number of hydrazone groups is 1. The van der Waals surface area contributed by atoms with Gasteiger partial charge in [-0.25, -0.2) is 5.43 Å². The van der Waals surface area contributed by atoms with Crippen LogP contribution in [0.3, 0.4) is 0 Å². The van der Waals surface area contributed by atoms with Gasteiger partial charge in [-0.1, -0.05) is 29.3 Å². The average molecular weight is 460 g/mol. The maximum Gasteiger partial charge on any atom is 0.244 e. The molecule has 0 aliphatic heterocycles. The maximum atomic E-state index is 12.3. The number of halogens is 2. The lowest BCUT2D eigenvalue weighted by atomic mass is 10.1. The van der Waals surface area contributed by atoms with Gasteiger partial charge in [-0.15, -0.1) is 0 Å². The number of methoxy groups -OCH3 is 2. The Morgan fingerprint density at radius 2 is 1.81 bits per heavy atom. The Morgan fingerprint density at radius 1 is 1.06 bits per heavy atom. The molecule has 0 fully saturated rings. The SMILES string of the molecule is COc1ccc(CC(=O)N/N=C\c2cc(C)n(-c3cc(Cl)ccc3Cl)c2C)cc1OC. The molecule has 0 aliphatic carbocycles. The molecule has 0 unspecified atom stereocenters. The molecular formula is C23H23Cl2N3O3. The van der Waals surface area contributed by atoms with Crippen molar-refractivity contribution >= 4 is 35.3 Å². The minimum absolute atomic E-state index is 0.162. The van der Waals surface area contributed by atoms with Crippen molar-refractivity contribution in [3.05, 3.63) is 75.0 Å². The number of carbonyl (C=O) groups is 1. The quantitative estimate of drug-likeness (QED) is 0.394. The van der Waals surface area contributed by atoms with E-state index in [-0.39, 0.29) is 12.3 Å². The van der Waals surface area contributed by atoms with Crippen molar-refractivity contribution in [2.75, 3.05) is 14.2 Å². The monoisotopic (exact) mass is 459 g/mol. The zero-order valence-electron chi connectivity index (χ0n) is 17.7. The van der Waals surface area contributed by atoms with Gasteiger partial charge in [0.2, 0.25) is 5.91 Å². The molecule has 0 atom stereocenters. The Hall–Kier alpha value is -2.96. The first-order valence-corrected chi connectivity index (χ1v) is 10.3. The lowest BCUT2D eigenvalue weighted by Crippen LogP contribution is -2.19. The van der Waals surface area contributed by atoms with E-state index in [0.717, 1.165) is 28.2 Å². The third-order valence-electron chi connectivity index (χ3n) is 4.82. The fraction of sp³-hybridized carbons (Fsp3) is 0.217. The van der Waals surface area contributed by atoms with Gasteiger partial charge in [0, 0.05) is 22.0 Å². The normalized spacial score (nSPS) is 11.0. The number of amides is 1. The van der Waals surface area contributed by atoms with E-state index in [1.165, 1.54) is 0 Å². The fourth-order valence-corrected chi connectivity index (χ4v) is 3.70. The van der Waals surface area contributed by atoms with Crippen LogP contribution in [0, 0.1) is 13.8 Å². The van der Waals surface area contributed by atoms with Gasteiger partial charge in [0.15, 0.2) is 11.5 Å². The van der Waals surface area contributed by atoms with Gasteiger partial charge < -0.3 is 14.0 Å². The molecule has 1 heterocycles. The number of aryl methyl sites for hydroxylation is 1. The molecule has 3 rings (SSSR count). The summed E-state index contributed by atoms with van der Waals surface area (Å²) >= 11 is 12.5. The number of aromatic nitrogens is 1. The molecule has 0 saturated carbocycles. The topological polar surface area (TPSA) is 64.8 Å². The van der Waals surface area contributed by atoms with Gasteiger partial charge in [0.25, 0.3) is 0 Å². The van der Waals surface area contributed by atoms with Crippen LogP contribution in [0.2, 0.25) is 10.0 Å². The molecule has 0 bridgehead atoms. The molecule has 162 valence electrons. The number of nitrogens with one attached hydrogen (secondary N) is 1. The molecule has 1 N–H and O–H groups in total. The number of hydrogen-bond donors (Lipinski definition) is 1. The van der Waals surface area contributed by atoms with E-state index in [9.17, 15) is 4.79 Å². The number of rotatable bonds is 7. The van der Waals surface area contributed by atoms with Crippen LogP contribution in [-0.4, -0.2) is 30.9 Å². The van der Waals surface area contributed by atoms with Crippen molar-refractivity contribution in [3.8, 4) is 17.2 Å². The van der Waals surface area contributed by atoms with E-state index in [1.54, 1.807) is 44.7 Å². The number of carbonyl (C=O) groups excluding carboxylic acids is 1. The minimum atomic E-state index is -0.241. The molecular weight excluding hydrogens is 437 g/mol. The van der Waals surface area contributed by atoms with Crippen LogP contribution in [0.5, 0.6) is 11.5 Å². The van der Waals surface area contributed by atoms with E-state index in [2.05, 4.69) is 10.5 Å². The second-order valence-corrected chi connectivity index (χ2v) is 7.76. The van der Waals surface area contributed by atoms with E-state index in [1.807, 2.05) is 36.6 Å². The van der Waals surface area contributed by atoms with Crippen LogP contribution in [0.4, 0.5) is 0 Å². The van der Waals surface area contributed by atoms with E-state index in [0.29, 0.717) is 21.5 Å². The van der Waals surface area contributed by atoms with Crippen LogP contribution >= 0.6 is 23.2 Å². The van der Waals surface area contributed by atoms with Crippen molar-refractivity contribution in [1.82, 2.24) is 9.99 Å². The number of nitrogens with zero attached hydrogens (tertiary/aromatic N) is 2.